The largest absolute Gasteiger partial charge is 0.466 e. The molecule has 192 valence electrons. The summed E-state index contributed by atoms with van der Waals surface area (Å²) in [6.07, 6.45) is 3.77. The minimum atomic E-state index is -1.05. The Morgan fingerprint density at radius 3 is 2.51 bits per heavy atom. The summed E-state index contributed by atoms with van der Waals surface area (Å²) in [5, 5.41) is 12.3. The van der Waals surface area contributed by atoms with E-state index < -0.39 is 35.0 Å². The van der Waals surface area contributed by atoms with Crippen molar-refractivity contribution in [2.24, 2.45) is 11.8 Å². The van der Waals surface area contributed by atoms with Crippen LogP contribution >= 0.6 is 0 Å². The molecule has 2 bridgehead atoms. The molecule has 2 amide bonds. The Bertz CT molecular complexity index is 976. The molecule has 8 heteroatoms. The number of rotatable bonds is 10. The van der Waals surface area contributed by atoms with Gasteiger partial charge >= 0.3 is 5.97 Å². The van der Waals surface area contributed by atoms with Crippen LogP contribution in [0.5, 0.6) is 0 Å². The molecule has 4 rings (SSSR count). The number of aliphatic hydroxyl groups is 1. The van der Waals surface area contributed by atoms with E-state index in [0.29, 0.717) is 38.6 Å². The van der Waals surface area contributed by atoms with E-state index >= 15 is 0 Å². The fourth-order valence-electron chi connectivity index (χ4n) is 6.62. The van der Waals surface area contributed by atoms with Gasteiger partial charge in [-0.3, -0.25) is 14.4 Å². The fraction of sp³-hybridized carbons (Fsp3) is 0.667. The third-order valence-corrected chi connectivity index (χ3v) is 8.26. The molecule has 3 fully saturated rings. The summed E-state index contributed by atoms with van der Waals surface area (Å²) in [5.41, 5.74) is 0.786. The lowest BCUT2D eigenvalue weighted by atomic mass is 9.65. The highest BCUT2D eigenvalue weighted by molar-refractivity contribution is 6.04. The van der Waals surface area contributed by atoms with E-state index in [1.807, 2.05) is 39.0 Å². The summed E-state index contributed by atoms with van der Waals surface area (Å²) in [6.45, 7) is 8.29. The summed E-state index contributed by atoms with van der Waals surface area (Å²) >= 11 is 0. The molecule has 1 spiro atoms. The Morgan fingerprint density at radius 2 is 1.89 bits per heavy atom. The van der Waals surface area contributed by atoms with E-state index in [1.165, 1.54) is 0 Å². The maximum absolute atomic E-state index is 13.9. The second kappa shape index (κ2) is 9.90. The Labute approximate surface area is 207 Å². The molecular formula is C27H38N2O6. The molecule has 2 unspecified atom stereocenters. The fourth-order valence-corrected chi connectivity index (χ4v) is 6.62. The van der Waals surface area contributed by atoms with Crippen molar-refractivity contribution in [1.82, 2.24) is 4.90 Å². The van der Waals surface area contributed by atoms with Crippen molar-refractivity contribution in [3.63, 3.8) is 0 Å². The average molecular weight is 487 g/mol. The molecule has 0 saturated carbocycles. The molecule has 3 aliphatic rings. The lowest BCUT2D eigenvalue weighted by Gasteiger charge is -2.34. The monoisotopic (exact) mass is 486 g/mol. The van der Waals surface area contributed by atoms with Crippen LogP contribution < -0.4 is 5.32 Å². The number of fused-ring (bicyclic) bond motifs is 1. The number of anilines is 1. The number of benzene rings is 1. The molecule has 0 aliphatic carbocycles. The number of hydrogen-bond acceptors (Lipinski definition) is 6. The highest BCUT2D eigenvalue weighted by atomic mass is 16.6. The molecule has 3 aliphatic heterocycles. The number of amides is 2. The van der Waals surface area contributed by atoms with Gasteiger partial charge in [-0.15, -0.1) is 0 Å². The van der Waals surface area contributed by atoms with E-state index in [0.717, 1.165) is 23.2 Å². The Balaban J connectivity index is 1.73. The maximum atomic E-state index is 13.9. The summed E-state index contributed by atoms with van der Waals surface area (Å²) in [6, 6.07) is 4.99. The van der Waals surface area contributed by atoms with Gasteiger partial charge in [0.2, 0.25) is 11.8 Å². The highest BCUT2D eigenvalue weighted by Gasteiger charge is 2.78. The van der Waals surface area contributed by atoms with Crippen LogP contribution in [0, 0.1) is 25.7 Å². The van der Waals surface area contributed by atoms with Crippen LogP contribution in [0.3, 0.4) is 0 Å². The second-order valence-corrected chi connectivity index (χ2v) is 10.2. The van der Waals surface area contributed by atoms with Crippen LogP contribution in [0.25, 0.3) is 0 Å². The smallest absolute Gasteiger partial charge is 0.312 e. The SMILES string of the molecule is CCOC(=O)[C@H]1[C@H]2C(=O)N(CCCCCO)C(C(=O)Nc3c(C)cccc3C)C23CC[C@]1(CC)O3. The van der Waals surface area contributed by atoms with Gasteiger partial charge in [0.1, 0.15) is 17.6 Å². The number of aryl methyl sites for hydroxylation is 2. The lowest BCUT2D eigenvalue weighted by Crippen LogP contribution is -2.53. The molecule has 1 aromatic rings. The summed E-state index contributed by atoms with van der Waals surface area (Å²) < 4.78 is 12.1. The van der Waals surface area contributed by atoms with Gasteiger partial charge in [-0.1, -0.05) is 25.1 Å². The van der Waals surface area contributed by atoms with Crippen molar-refractivity contribution in [2.45, 2.75) is 83.5 Å². The summed E-state index contributed by atoms with van der Waals surface area (Å²) in [7, 11) is 0. The zero-order chi connectivity index (χ0) is 25.4. The zero-order valence-corrected chi connectivity index (χ0v) is 21.3. The van der Waals surface area contributed by atoms with Crippen LogP contribution in [-0.2, 0) is 23.9 Å². The Kier molecular flexibility index (Phi) is 7.25. The molecule has 1 aromatic carbocycles. The minimum absolute atomic E-state index is 0.0873. The number of aliphatic hydroxyl groups excluding tert-OH is 1. The average Bonchev–Trinajstić information content (AvgIpc) is 3.43. The summed E-state index contributed by atoms with van der Waals surface area (Å²) in [5.74, 6) is -2.35. The number of nitrogens with zero attached hydrogens (tertiary/aromatic N) is 1. The standard InChI is InChI=1S/C27H38N2O6/c1-5-26-13-14-27(35-26)19(20(26)25(33)34-6-2)24(32)29(15-8-7-9-16-30)22(27)23(31)28-21-17(3)11-10-12-18(21)4/h10-12,19-20,22,30H,5-9,13-16H2,1-4H3,(H,28,31)/t19-,20+,22?,26-,27?/m0/s1. The van der Waals surface area contributed by atoms with Crippen molar-refractivity contribution in [3.8, 4) is 0 Å². The molecular weight excluding hydrogens is 448 g/mol. The van der Waals surface area contributed by atoms with Gasteiger partial charge in [-0.05, 0) is 70.4 Å². The number of ether oxygens (including phenoxy) is 2. The van der Waals surface area contributed by atoms with Crippen molar-refractivity contribution in [1.29, 1.82) is 0 Å². The van der Waals surface area contributed by atoms with Crippen LogP contribution in [0.15, 0.2) is 18.2 Å². The van der Waals surface area contributed by atoms with Crippen molar-refractivity contribution in [2.75, 3.05) is 25.1 Å². The Hall–Kier alpha value is -2.45. The predicted octanol–water partition coefficient (Wildman–Crippen LogP) is 3.12. The molecule has 2 N–H and O–H groups in total. The van der Waals surface area contributed by atoms with Gasteiger partial charge in [0.05, 0.1) is 18.1 Å². The maximum Gasteiger partial charge on any atom is 0.312 e. The third kappa shape index (κ3) is 4.04. The number of unbranched alkanes of at least 4 members (excludes halogenated alkanes) is 2. The number of esters is 1. The Morgan fingerprint density at radius 1 is 1.17 bits per heavy atom. The molecule has 0 aromatic heterocycles. The number of hydrogen-bond donors (Lipinski definition) is 2. The lowest BCUT2D eigenvalue weighted by molar-refractivity contribution is -0.160. The second-order valence-electron chi connectivity index (χ2n) is 10.2. The first-order valence-electron chi connectivity index (χ1n) is 12.9. The molecule has 35 heavy (non-hydrogen) atoms. The normalized spacial score (nSPS) is 31.1. The number of nitrogens with one attached hydrogen (secondary N) is 1. The first-order chi connectivity index (χ1) is 16.8. The minimum Gasteiger partial charge on any atom is -0.466 e. The molecule has 5 atom stereocenters. The first kappa shape index (κ1) is 25.6. The zero-order valence-electron chi connectivity index (χ0n) is 21.3. The predicted molar refractivity (Wildman–Crippen MR) is 131 cm³/mol. The van der Waals surface area contributed by atoms with E-state index in [1.54, 1.807) is 11.8 Å². The summed E-state index contributed by atoms with van der Waals surface area (Å²) in [4.78, 5) is 42.6. The van der Waals surface area contributed by atoms with Crippen molar-refractivity contribution < 1.29 is 29.0 Å². The molecule has 3 saturated heterocycles. The van der Waals surface area contributed by atoms with Gasteiger partial charge in [-0.2, -0.15) is 0 Å². The van der Waals surface area contributed by atoms with Gasteiger partial charge in [0, 0.05) is 18.8 Å². The van der Waals surface area contributed by atoms with Gasteiger partial charge in [0.25, 0.3) is 0 Å². The van der Waals surface area contributed by atoms with Gasteiger partial charge < -0.3 is 24.8 Å². The van der Waals surface area contributed by atoms with Crippen molar-refractivity contribution in [3.05, 3.63) is 29.3 Å². The third-order valence-electron chi connectivity index (χ3n) is 8.26. The van der Waals surface area contributed by atoms with E-state index in [-0.39, 0.29) is 25.0 Å². The number of para-hydroxylation sites is 1. The quantitative estimate of drug-likeness (QED) is 0.389. The molecule has 0 radical (unpaired) electrons. The number of carbonyl (C=O) groups is 3. The first-order valence-corrected chi connectivity index (χ1v) is 12.9. The van der Waals surface area contributed by atoms with Crippen LogP contribution in [-0.4, -0.2) is 64.8 Å². The molecule has 8 nitrogen and oxygen atoms in total. The van der Waals surface area contributed by atoms with E-state index in [4.69, 9.17) is 14.6 Å². The van der Waals surface area contributed by atoms with Crippen molar-refractivity contribution >= 4 is 23.5 Å². The van der Waals surface area contributed by atoms with Gasteiger partial charge in [0.15, 0.2) is 0 Å². The van der Waals surface area contributed by atoms with E-state index in [2.05, 4.69) is 5.32 Å². The highest BCUT2D eigenvalue weighted by Crippen LogP contribution is 2.64. The number of carbonyl (C=O) groups excluding carboxylic acids is 3. The van der Waals surface area contributed by atoms with E-state index in [9.17, 15) is 14.4 Å². The van der Waals surface area contributed by atoms with Crippen LogP contribution in [0.1, 0.15) is 63.5 Å². The number of likely N-dealkylation sites (tertiary alicyclic amines) is 1. The molecule has 3 heterocycles. The van der Waals surface area contributed by atoms with Gasteiger partial charge in [-0.25, -0.2) is 0 Å². The van der Waals surface area contributed by atoms with Crippen LogP contribution in [0.4, 0.5) is 5.69 Å². The van der Waals surface area contributed by atoms with Crippen LogP contribution in [0.2, 0.25) is 0 Å². The topological polar surface area (TPSA) is 105 Å².